The molecule has 0 spiro atoms. The third kappa shape index (κ3) is 3.92. The van der Waals surface area contributed by atoms with E-state index in [9.17, 15) is 0 Å². The Balaban J connectivity index is 2.40. The molecule has 6 heteroatoms. The fraction of sp³-hybridized carbons (Fsp3) is 0.333. The maximum atomic E-state index is 6.34. The highest BCUT2D eigenvalue weighted by molar-refractivity contribution is 9.10. The lowest BCUT2D eigenvalue weighted by Gasteiger charge is -2.17. The van der Waals surface area contributed by atoms with Crippen LogP contribution in [0.4, 0.5) is 0 Å². The Morgan fingerprint density at radius 2 is 1.81 bits per heavy atom. The molecule has 2 N–H and O–H groups in total. The highest BCUT2D eigenvalue weighted by Gasteiger charge is 2.18. The van der Waals surface area contributed by atoms with Crippen LogP contribution in [0.15, 0.2) is 28.7 Å². The van der Waals surface area contributed by atoms with Crippen LogP contribution in [0.5, 0.6) is 11.5 Å². The number of hydrogen-bond donors (Lipinski definition) is 1. The molecule has 0 saturated carbocycles. The van der Waals surface area contributed by atoms with Gasteiger partial charge >= 0.3 is 0 Å². The number of rotatable bonds is 6. The van der Waals surface area contributed by atoms with Gasteiger partial charge in [-0.1, -0.05) is 27.5 Å². The van der Waals surface area contributed by atoms with Crippen LogP contribution in [0, 0.1) is 0 Å². The SMILES string of the molecule is CCOc1cc(Br)c(C(N)c2ccc(Cl)s2)cc1OCC. The van der Waals surface area contributed by atoms with Gasteiger partial charge in [-0.05, 0) is 43.7 Å². The van der Waals surface area contributed by atoms with E-state index in [1.165, 1.54) is 11.3 Å². The average Bonchev–Trinajstić information content (AvgIpc) is 2.88. The van der Waals surface area contributed by atoms with Gasteiger partial charge in [-0.3, -0.25) is 0 Å². The quantitative estimate of drug-likeness (QED) is 0.754. The second-order valence-electron chi connectivity index (χ2n) is 4.31. The Morgan fingerprint density at radius 3 is 2.33 bits per heavy atom. The molecule has 1 heterocycles. The number of benzene rings is 1. The van der Waals surface area contributed by atoms with Gasteiger partial charge < -0.3 is 15.2 Å². The Labute approximate surface area is 142 Å². The van der Waals surface area contributed by atoms with E-state index in [2.05, 4.69) is 15.9 Å². The molecule has 0 aliphatic rings. The molecular weight excluding hydrogens is 374 g/mol. The minimum atomic E-state index is -0.258. The summed E-state index contributed by atoms with van der Waals surface area (Å²) in [5, 5.41) is 0. The molecule has 0 fully saturated rings. The Morgan fingerprint density at radius 1 is 1.19 bits per heavy atom. The first-order valence-corrected chi connectivity index (χ1v) is 8.65. The normalized spacial score (nSPS) is 12.2. The van der Waals surface area contributed by atoms with Crippen LogP contribution >= 0.6 is 38.9 Å². The van der Waals surface area contributed by atoms with Crippen molar-refractivity contribution in [3.8, 4) is 11.5 Å². The van der Waals surface area contributed by atoms with E-state index in [4.69, 9.17) is 26.8 Å². The van der Waals surface area contributed by atoms with Gasteiger partial charge in [0, 0.05) is 9.35 Å². The minimum absolute atomic E-state index is 0.258. The molecule has 0 saturated heterocycles. The summed E-state index contributed by atoms with van der Waals surface area (Å²) in [6, 6.07) is 7.37. The maximum absolute atomic E-state index is 6.34. The van der Waals surface area contributed by atoms with Gasteiger partial charge in [-0.2, -0.15) is 0 Å². The first-order chi connectivity index (χ1) is 10.1. The van der Waals surface area contributed by atoms with Crippen molar-refractivity contribution < 1.29 is 9.47 Å². The second-order valence-corrected chi connectivity index (χ2v) is 6.91. The van der Waals surface area contributed by atoms with E-state index < -0.39 is 0 Å². The molecule has 1 atom stereocenters. The van der Waals surface area contributed by atoms with Crippen LogP contribution < -0.4 is 15.2 Å². The van der Waals surface area contributed by atoms with E-state index in [0.717, 1.165) is 19.2 Å². The van der Waals surface area contributed by atoms with E-state index in [1.807, 2.05) is 38.1 Å². The molecule has 3 nitrogen and oxygen atoms in total. The third-order valence-corrected chi connectivity index (χ3v) is 4.90. The Hall–Kier alpha value is -0.750. The molecular formula is C15H17BrClNO2S. The van der Waals surface area contributed by atoms with E-state index in [1.54, 1.807) is 0 Å². The molecule has 2 rings (SSSR count). The van der Waals surface area contributed by atoms with Crippen LogP contribution in [-0.2, 0) is 0 Å². The van der Waals surface area contributed by atoms with Gasteiger partial charge in [0.2, 0.25) is 0 Å². The average molecular weight is 391 g/mol. The summed E-state index contributed by atoms with van der Waals surface area (Å²) in [6.45, 7) is 5.03. The van der Waals surface area contributed by atoms with Gasteiger partial charge in [0.05, 0.1) is 23.6 Å². The van der Waals surface area contributed by atoms with Crippen LogP contribution in [0.25, 0.3) is 0 Å². The Bertz CT molecular complexity index is 618. The topological polar surface area (TPSA) is 44.5 Å². The fourth-order valence-corrected chi connectivity index (χ4v) is 3.63. The number of halogens is 2. The lowest BCUT2D eigenvalue weighted by molar-refractivity contribution is 0.287. The number of nitrogens with two attached hydrogens (primary N) is 1. The summed E-state index contributed by atoms with van der Waals surface area (Å²) >= 11 is 11.0. The summed E-state index contributed by atoms with van der Waals surface area (Å²) < 4.78 is 12.9. The van der Waals surface area contributed by atoms with Gasteiger partial charge in [0.15, 0.2) is 11.5 Å². The van der Waals surface area contributed by atoms with Crippen molar-refractivity contribution in [2.75, 3.05) is 13.2 Å². The van der Waals surface area contributed by atoms with Crippen molar-refractivity contribution in [3.63, 3.8) is 0 Å². The highest BCUT2D eigenvalue weighted by atomic mass is 79.9. The number of thiophene rings is 1. The van der Waals surface area contributed by atoms with Crippen LogP contribution in [0.3, 0.4) is 0 Å². The van der Waals surface area contributed by atoms with Crippen molar-refractivity contribution in [3.05, 3.63) is 43.5 Å². The monoisotopic (exact) mass is 389 g/mol. The van der Waals surface area contributed by atoms with E-state index in [-0.39, 0.29) is 6.04 Å². The van der Waals surface area contributed by atoms with Crippen LogP contribution in [0.1, 0.15) is 30.3 Å². The molecule has 0 radical (unpaired) electrons. The molecule has 1 unspecified atom stereocenters. The summed E-state index contributed by atoms with van der Waals surface area (Å²) in [7, 11) is 0. The van der Waals surface area contributed by atoms with Crippen molar-refractivity contribution in [1.82, 2.24) is 0 Å². The molecule has 0 amide bonds. The summed E-state index contributed by atoms with van der Waals surface area (Å²) in [5.41, 5.74) is 7.29. The lowest BCUT2D eigenvalue weighted by atomic mass is 10.1. The van der Waals surface area contributed by atoms with Gasteiger partial charge in [-0.25, -0.2) is 0 Å². The molecule has 2 aromatic rings. The predicted molar refractivity (Wildman–Crippen MR) is 91.8 cm³/mol. The minimum Gasteiger partial charge on any atom is -0.490 e. The van der Waals surface area contributed by atoms with Crippen molar-refractivity contribution in [1.29, 1.82) is 0 Å². The molecule has 1 aromatic carbocycles. The Kier molecular flexibility index (Phi) is 5.93. The first kappa shape index (κ1) is 16.6. The lowest BCUT2D eigenvalue weighted by Crippen LogP contribution is -2.12. The zero-order valence-electron chi connectivity index (χ0n) is 11.9. The third-order valence-electron chi connectivity index (χ3n) is 2.90. The zero-order chi connectivity index (χ0) is 15.4. The van der Waals surface area contributed by atoms with E-state index >= 15 is 0 Å². The van der Waals surface area contributed by atoms with Crippen molar-refractivity contribution in [2.24, 2.45) is 5.73 Å². The van der Waals surface area contributed by atoms with Crippen LogP contribution in [-0.4, -0.2) is 13.2 Å². The molecule has 0 aliphatic heterocycles. The largest absolute Gasteiger partial charge is 0.490 e. The fourth-order valence-electron chi connectivity index (χ4n) is 1.97. The molecule has 0 aliphatic carbocycles. The van der Waals surface area contributed by atoms with Gasteiger partial charge in [-0.15, -0.1) is 11.3 Å². The maximum Gasteiger partial charge on any atom is 0.162 e. The number of ether oxygens (including phenoxy) is 2. The highest BCUT2D eigenvalue weighted by Crippen LogP contribution is 2.39. The first-order valence-electron chi connectivity index (χ1n) is 6.66. The van der Waals surface area contributed by atoms with Crippen molar-refractivity contribution >= 4 is 38.9 Å². The summed E-state index contributed by atoms with van der Waals surface area (Å²) in [4.78, 5) is 1.01. The summed E-state index contributed by atoms with van der Waals surface area (Å²) in [5.74, 6) is 1.42. The van der Waals surface area contributed by atoms with Crippen LogP contribution in [0.2, 0.25) is 4.34 Å². The summed E-state index contributed by atoms with van der Waals surface area (Å²) in [6.07, 6.45) is 0. The second kappa shape index (κ2) is 7.49. The van der Waals surface area contributed by atoms with E-state index in [0.29, 0.717) is 24.7 Å². The van der Waals surface area contributed by atoms with Crippen molar-refractivity contribution in [2.45, 2.75) is 19.9 Å². The standard InChI is InChI=1S/C15H17BrClNO2S/c1-3-19-11-7-9(10(16)8-12(11)20-4-2)15(18)13-5-6-14(17)21-13/h5-8,15H,3-4,18H2,1-2H3. The molecule has 114 valence electrons. The smallest absolute Gasteiger partial charge is 0.162 e. The van der Waals surface area contributed by atoms with Gasteiger partial charge in [0.25, 0.3) is 0 Å². The number of hydrogen-bond acceptors (Lipinski definition) is 4. The molecule has 1 aromatic heterocycles. The molecule has 21 heavy (non-hydrogen) atoms. The van der Waals surface area contributed by atoms with Gasteiger partial charge in [0.1, 0.15) is 0 Å². The zero-order valence-corrected chi connectivity index (χ0v) is 15.0. The molecule has 0 bridgehead atoms. The predicted octanol–water partition coefficient (Wildman–Crippen LogP) is 5.01.